The Morgan fingerprint density at radius 1 is 1.50 bits per heavy atom. The summed E-state index contributed by atoms with van der Waals surface area (Å²) in [5, 5.41) is 8.99. The lowest BCUT2D eigenvalue weighted by Gasteiger charge is -2.17. The van der Waals surface area contributed by atoms with E-state index in [1.165, 1.54) is 22.5 Å². The standard InChI is InChI=1S/C12H13ClN2O2S/c1-9-4-5-15(8-9)18(16,17)12-6-10(7-14)2-3-11(12)13/h2-3,6,9H,4-5,8H2,1H3. The normalized spacial score (nSPS) is 20.8. The van der Waals surface area contributed by atoms with Crippen molar-refractivity contribution in [3.63, 3.8) is 0 Å². The van der Waals surface area contributed by atoms with E-state index < -0.39 is 10.0 Å². The fourth-order valence-electron chi connectivity index (χ4n) is 2.02. The number of halogens is 1. The van der Waals surface area contributed by atoms with Gasteiger partial charge in [-0.25, -0.2) is 8.42 Å². The first-order valence-corrected chi connectivity index (χ1v) is 7.46. The highest BCUT2D eigenvalue weighted by atomic mass is 35.5. The largest absolute Gasteiger partial charge is 0.244 e. The van der Waals surface area contributed by atoms with Crippen LogP contribution in [-0.4, -0.2) is 25.8 Å². The van der Waals surface area contributed by atoms with Gasteiger partial charge < -0.3 is 0 Å². The molecule has 1 saturated heterocycles. The Balaban J connectivity index is 2.45. The Morgan fingerprint density at radius 3 is 2.78 bits per heavy atom. The lowest BCUT2D eigenvalue weighted by molar-refractivity contribution is 0.464. The molecule has 0 saturated carbocycles. The second-order valence-corrected chi connectivity index (χ2v) is 6.83. The highest BCUT2D eigenvalue weighted by Crippen LogP contribution is 2.29. The van der Waals surface area contributed by atoms with Crippen LogP contribution in [0.5, 0.6) is 0 Å². The third kappa shape index (κ3) is 2.37. The van der Waals surface area contributed by atoms with Crippen molar-refractivity contribution < 1.29 is 8.42 Å². The number of hydrogen-bond acceptors (Lipinski definition) is 3. The minimum absolute atomic E-state index is 0.0253. The second-order valence-electron chi connectivity index (χ2n) is 4.51. The number of sulfonamides is 1. The molecule has 0 amide bonds. The molecule has 0 aromatic heterocycles. The van der Waals surface area contributed by atoms with Crippen LogP contribution in [0.2, 0.25) is 5.02 Å². The summed E-state index contributed by atoms with van der Waals surface area (Å²) in [6.07, 6.45) is 0.856. The molecule has 96 valence electrons. The highest BCUT2D eigenvalue weighted by Gasteiger charge is 2.32. The molecule has 1 atom stereocenters. The van der Waals surface area contributed by atoms with Crippen molar-refractivity contribution in [1.29, 1.82) is 5.26 Å². The maximum atomic E-state index is 12.4. The molecule has 0 bridgehead atoms. The number of nitrogens with zero attached hydrogens (tertiary/aromatic N) is 2. The molecule has 1 heterocycles. The van der Waals surface area contributed by atoms with Gasteiger partial charge in [-0.1, -0.05) is 18.5 Å². The van der Waals surface area contributed by atoms with E-state index in [4.69, 9.17) is 16.9 Å². The number of nitriles is 1. The topological polar surface area (TPSA) is 61.2 Å². The third-order valence-corrected chi connectivity index (χ3v) is 5.41. The molecule has 0 radical (unpaired) electrons. The molecule has 0 aliphatic carbocycles. The van der Waals surface area contributed by atoms with Crippen molar-refractivity contribution in [2.75, 3.05) is 13.1 Å². The fourth-order valence-corrected chi connectivity index (χ4v) is 4.10. The Labute approximate surface area is 112 Å². The van der Waals surface area contributed by atoms with Gasteiger partial charge in [0.2, 0.25) is 10.0 Å². The molecule has 1 aromatic carbocycles. The Bertz CT molecular complexity index is 607. The minimum atomic E-state index is -3.58. The van der Waals surface area contributed by atoms with E-state index in [-0.39, 0.29) is 9.92 Å². The van der Waals surface area contributed by atoms with Gasteiger partial charge in [0.05, 0.1) is 16.7 Å². The van der Waals surface area contributed by atoms with Crippen molar-refractivity contribution in [3.8, 4) is 6.07 Å². The van der Waals surface area contributed by atoms with Crippen LogP contribution in [0, 0.1) is 17.2 Å². The molecule has 2 rings (SSSR count). The van der Waals surface area contributed by atoms with E-state index in [1.54, 1.807) is 0 Å². The van der Waals surface area contributed by atoms with Gasteiger partial charge in [-0.2, -0.15) is 9.57 Å². The number of benzene rings is 1. The molecule has 1 aliphatic rings. The summed E-state index contributed by atoms with van der Waals surface area (Å²) >= 11 is 5.94. The summed E-state index contributed by atoms with van der Waals surface area (Å²) in [5.74, 6) is 0.359. The molecule has 4 nitrogen and oxygen atoms in total. The predicted molar refractivity (Wildman–Crippen MR) is 68.7 cm³/mol. The summed E-state index contributed by atoms with van der Waals surface area (Å²) in [7, 11) is -3.58. The molecule has 1 unspecified atom stereocenters. The zero-order chi connectivity index (χ0) is 13.3. The Kier molecular flexibility index (Phi) is 3.62. The zero-order valence-electron chi connectivity index (χ0n) is 9.93. The molecular weight excluding hydrogens is 272 g/mol. The van der Waals surface area contributed by atoms with E-state index in [0.29, 0.717) is 24.6 Å². The SMILES string of the molecule is CC1CCN(S(=O)(=O)c2cc(C#N)ccc2Cl)C1. The van der Waals surface area contributed by atoms with E-state index in [1.807, 2.05) is 13.0 Å². The van der Waals surface area contributed by atoms with Gasteiger partial charge in [0, 0.05) is 13.1 Å². The first kappa shape index (κ1) is 13.3. The van der Waals surface area contributed by atoms with E-state index in [2.05, 4.69) is 0 Å². The van der Waals surface area contributed by atoms with Gasteiger partial charge >= 0.3 is 0 Å². The van der Waals surface area contributed by atoms with Crippen molar-refractivity contribution >= 4 is 21.6 Å². The van der Waals surface area contributed by atoms with Crippen LogP contribution in [0.4, 0.5) is 0 Å². The maximum Gasteiger partial charge on any atom is 0.244 e. The van der Waals surface area contributed by atoms with Gasteiger partial charge in [0.25, 0.3) is 0 Å². The molecule has 0 N–H and O–H groups in total. The van der Waals surface area contributed by atoms with Gasteiger partial charge in [0.15, 0.2) is 0 Å². The Morgan fingerprint density at radius 2 is 2.22 bits per heavy atom. The molecule has 18 heavy (non-hydrogen) atoms. The smallest absolute Gasteiger partial charge is 0.207 e. The lowest BCUT2D eigenvalue weighted by Crippen LogP contribution is -2.29. The molecular formula is C12H13ClN2O2S. The van der Waals surface area contributed by atoms with E-state index >= 15 is 0 Å². The maximum absolute atomic E-state index is 12.4. The second kappa shape index (κ2) is 4.88. The third-order valence-electron chi connectivity index (χ3n) is 3.06. The molecule has 1 aromatic rings. The predicted octanol–water partition coefficient (Wildman–Crippen LogP) is 2.24. The molecule has 1 fully saturated rings. The average Bonchev–Trinajstić information content (AvgIpc) is 2.77. The summed E-state index contributed by atoms with van der Waals surface area (Å²) in [6, 6.07) is 6.22. The first-order valence-electron chi connectivity index (χ1n) is 5.65. The summed E-state index contributed by atoms with van der Waals surface area (Å²) < 4.78 is 26.2. The van der Waals surface area contributed by atoms with Gasteiger partial charge in [-0.05, 0) is 30.5 Å². The van der Waals surface area contributed by atoms with Crippen LogP contribution < -0.4 is 0 Å². The van der Waals surface area contributed by atoms with E-state index in [0.717, 1.165) is 6.42 Å². The quantitative estimate of drug-likeness (QED) is 0.837. The van der Waals surface area contributed by atoms with Crippen molar-refractivity contribution in [3.05, 3.63) is 28.8 Å². The van der Waals surface area contributed by atoms with Crippen LogP contribution in [-0.2, 0) is 10.0 Å². The highest BCUT2D eigenvalue weighted by molar-refractivity contribution is 7.89. The van der Waals surface area contributed by atoms with Gasteiger partial charge in [0.1, 0.15) is 4.90 Å². The van der Waals surface area contributed by atoms with Crippen LogP contribution in [0.3, 0.4) is 0 Å². The fraction of sp³-hybridized carbons (Fsp3) is 0.417. The first-order chi connectivity index (χ1) is 8.45. The monoisotopic (exact) mass is 284 g/mol. The molecule has 0 spiro atoms. The number of rotatable bonds is 2. The Hall–Kier alpha value is -1.09. The average molecular weight is 285 g/mol. The molecule has 1 aliphatic heterocycles. The van der Waals surface area contributed by atoms with Crippen molar-refractivity contribution in [2.45, 2.75) is 18.2 Å². The number of hydrogen-bond donors (Lipinski definition) is 0. The van der Waals surface area contributed by atoms with Gasteiger partial charge in [-0.15, -0.1) is 0 Å². The van der Waals surface area contributed by atoms with E-state index in [9.17, 15) is 8.42 Å². The van der Waals surface area contributed by atoms with Crippen LogP contribution in [0.1, 0.15) is 18.9 Å². The van der Waals surface area contributed by atoms with Crippen LogP contribution in [0.25, 0.3) is 0 Å². The van der Waals surface area contributed by atoms with Crippen molar-refractivity contribution in [2.24, 2.45) is 5.92 Å². The summed E-state index contributed by atoms with van der Waals surface area (Å²) in [6.45, 7) is 3.04. The van der Waals surface area contributed by atoms with Gasteiger partial charge in [-0.3, -0.25) is 0 Å². The lowest BCUT2D eigenvalue weighted by atomic mass is 10.2. The summed E-state index contributed by atoms with van der Waals surface area (Å²) in [4.78, 5) is 0.0253. The van der Waals surface area contributed by atoms with Crippen LogP contribution >= 0.6 is 11.6 Å². The van der Waals surface area contributed by atoms with Crippen molar-refractivity contribution in [1.82, 2.24) is 4.31 Å². The zero-order valence-corrected chi connectivity index (χ0v) is 11.5. The summed E-state index contributed by atoms with van der Waals surface area (Å²) in [5.41, 5.74) is 0.297. The minimum Gasteiger partial charge on any atom is -0.207 e. The van der Waals surface area contributed by atoms with Crippen LogP contribution in [0.15, 0.2) is 23.1 Å². The molecule has 6 heteroatoms.